The molecule has 0 N–H and O–H groups in total. The Bertz CT molecular complexity index is 113. The summed E-state index contributed by atoms with van der Waals surface area (Å²) in [5.74, 6) is 0.834. The number of alkyl halides is 1. The third kappa shape index (κ3) is 10.2. The Labute approximate surface area is 88.5 Å². The van der Waals surface area contributed by atoms with E-state index in [4.69, 9.17) is 11.6 Å². The second-order valence-electron chi connectivity index (χ2n) is 4.41. The van der Waals surface area contributed by atoms with Crippen LogP contribution < -0.4 is 0 Å². The molecule has 2 heteroatoms. The van der Waals surface area contributed by atoms with E-state index >= 15 is 0 Å². The van der Waals surface area contributed by atoms with E-state index in [-0.39, 0.29) is 0 Å². The van der Waals surface area contributed by atoms with Gasteiger partial charge in [0.15, 0.2) is 0 Å². The molecular weight excluding hydrogens is 182 g/mol. The van der Waals surface area contributed by atoms with Gasteiger partial charge in [0, 0.05) is 5.38 Å². The predicted molar refractivity (Wildman–Crippen MR) is 61.5 cm³/mol. The lowest BCUT2D eigenvalue weighted by molar-refractivity contribution is 0.313. The standard InChI is InChI=1S/C11H24ClN/c1-10(2)6-5-8-13(4)9-7-11(3)12/h10-11H,5-9H2,1-4H3. The molecule has 80 valence electrons. The van der Waals surface area contributed by atoms with Crippen molar-refractivity contribution in [2.24, 2.45) is 5.92 Å². The van der Waals surface area contributed by atoms with Crippen LogP contribution in [0.25, 0.3) is 0 Å². The van der Waals surface area contributed by atoms with Crippen molar-refractivity contribution in [1.29, 1.82) is 0 Å². The predicted octanol–water partition coefficient (Wildman–Crippen LogP) is 3.37. The zero-order valence-electron chi connectivity index (χ0n) is 9.52. The zero-order valence-corrected chi connectivity index (χ0v) is 10.3. The molecule has 13 heavy (non-hydrogen) atoms. The second kappa shape index (κ2) is 7.64. The molecule has 0 rings (SSSR count). The fourth-order valence-electron chi connectivity index (χ4n) is 1.28. The molecule has 0 aromatic heterocycles. The first kappa shape index (κ1) is 13.2. The Balaban J connectivity index is 3.25. The highest BCUT2D eigenvalue weighted by atomic mass is 35.5. The molecule has 0 aliphatic carbocycles. The normalized spacial score (nSPS) is 14.1. The summed E-state index contributed by atoms with van der Waals surface area (Å²) in [5.41, 5.74) is 0. The van der Waals surface area contributed by atoms with Crippen molar-refractivity contribution in [3.8, 4) is 0 Å². The second-order valence-corrected chi connectivity index (χ2v) is 5.15. The summed E-state index contributed by atoms with van der Waals surface area (Å²) in [5, 5.41) is 0.313. The smallest absolute Gasteiger partial charge is 0.0320 e. The number of nitrogens with zero attached hydrogens (tertiary/aromatic N) is 1. The first-order valence-electron chi connectivity index (χ1n) is 5.35. The Morgan fingerprint density at radius 3 is 2.15 bits per heavy atom. The fourth-order valence-corrected chi connectivity index (χ4v) is 1.38. The fraction of sp³-hybridized carbons (Fsp3) is 1.00. The van der Waals surface area contributed by atoms with Crippen LogP contribution in [0.2, 0.25) is 0 Å². The summed E-state index contributed by atoms with van der Waals surface area (Å²) in [6.07, 6.45) is 3.74. The lowest BCUT2D eigenvalue weighted by atomic mass is 10.1. The molecule has 0 aliphatic rings. The third-order valence-electron chi connectivity index (χ3n) is 2.23. The van der Waals surface area contributed by atoms with Gasteiger partial charge in [0.1, 0.15) is 0 Å². The summed E-state index contributed by atoms with van der Waals surface area (Å²) >= 11 is 5.88. The monoisotopic (exact) mass is 205 g/mol. The molecule has 1 atom stereocenters. The molecule has 0 spiro atoms. The summed E-state index contributed by atoms with van der Waals surface area (Å²) in [7, 11) is 2.18. The largest absolute Gasteiger partial charge is 0.306 e. The van der Waals surface area contributed by atoms with Crippen LogP contribution in [0.5, 0.6) is 0 Å². The first-order valence-corrected chi connectivity index (χ1v) is 5.78. The zero-order chi connectivity index (χ0) is 10.3. The van der Waals surface area contributed by atoms with Gasteiger partial charge in [-0.2, -0.15) is 0 Å². The Morgan fingerprint density at radius 2 is 1.69 bits per heavy atom. The van der Waals surface area contributed by atoms with Crippen molar-refractivity contribution >= 4 is 11.6 Å². The van der Waals surface area contributed by atoms with Gasteiger partial charge in [0.25, 0.3) is 0 Å². The average molecular weight is 206 g/mol. The quantitative estimate of drug-likeness (QED) is 0.577. The molecule has 1 unspecified atom stereocenters. The maximum Gasteiger partial charge on any atom is 0.0320 e. The van der Waals surface area contributed by atoms with Crippen LogP contribution in [0.1, 0.15) is 40.0 Å². The highest BCUT2D eigenvalue weighted by molar-refractivity contribution is 6.20. The van der Waals surface area contributed by atoms with Crippen LogP contribution in [-0.2, 0) is 0 Å². The van der Waals surface area contributed by atoms with Crippen LogP contribution in [0, 0.1) is 5.92 Å². The van der Waals surface area contributed by atoms with Gasteiger partial charge in [-0.1, -0.05) is 13.8 Å². The van der Waals surface area contributed by atoms with E-state index in [1.807, 2.05) is 0 Å². The van der Waals surface area contributed by atoms with E-state index in [9.17, 15) is 0 Å². The van der Waals surface area contributed by atoms with Gasteiger partial charge in [-0.15, -0.1) is 11.6 Å². The molecule has 0 bridgehead atoms. The summed E-state index contributed by atoms with van der Waals surface area (Å²) in [4.78, 5) is 2.38. The molecule has 1 nitrogen and oxygen atoms in total. The minimum absolute atomic E-state index is 0.313. The van der Waals surface area contributed by atoms with Gasteiger partial charge in [-0.25, -0.2) is 0 Å². The molecular formula is C11H24ClN. The number of hydrogen-bond acceptors (Lipinski definition) is 1. The lowest BCUT2D eigenvalue weighted by Gasteiger charge is -2.17. The SMILES string of the molecule is CC(C)CCCN(C)CCC(C)Cl. The Hall–Kier alpha value is 0.250. The summed E-state index contributed by atoms with van der Waals surface area (Å²) in [6.45, 7) is 8.95. The Kier molecular flexibility index (Phi) is 7.78. The van der Waals surface area contributed by atoms with Gasteiger partial charge in [-0.3, -0.25) is 0 Å². The lowest BCUT2D eigenvalue weighted by Crippen LogP contribution is -2.22. The number of hydrogen-bond donors (Lipinski definition) is 0. The molecule has 0 amide bonds. The average Bonchev–Trinajstić information content (AvgIpc) is 2.00. The van der Waals surface area contributed by atoms with Gasteiger partial charge in [-0.05, 0) is 52.2 Å². The minimum atomic E-state index is 0.313. The van der Waals surface area contributed by atoms with E-state index in [2.05, 4.69) is 32.7 Å². The molecule has 0 fully saturated rings. The van der Waals surface area contributed by atoms with Crippen molar-refractivity contribution in [2.75, 3.05) is 20.1 Å². The van der Waals surface area contributed by atoms with Gasteiger partial charge < -0.3 is 4.90 Å². The van der Waals surface area contributed by atoms with Crippen molar-refractivity contribution < 1.29 is 0 Å². The molecule has 0 saturated heterocycles. The van der Waals surface area contributed by atoms with E-state index in [0.29, 0.717) is 5.38 Å². The van der Waals surface area contributed by atoms with Crippen LogP contribution in [0.3, 0.4) is 0 Å². The van der Waals surface area contributed by atoms with Crippen LogP contribution in [0.15, 0.2) is 0 Å². The minimum Gasteiger partial charge on any atom is -0.306 e. The number of halogens is 1. The highest BCUT2D eigenvalue weighted by Crippen LogP contribution is 2.05. The molecule has 0 radical (unpaired) electrons. The van der Waals surface area contributed by atoms with Crippen LogP contribution in [0.4, 0.5) is 0 Å². The van der Waals surface area contributed by atoms with Crippen molar-refractivity contribution in [2.45, 2.75) is 45.4 Å². The summed E-state index contributed by atoms with van der Waals surface area (Å²) < 4.78 is 0. The van der Waals surface area contributed by atoms with Gasteiger partial charge in [0.05, 0.1) is 0 Å². The van der Waals surface area contributed by atoms with Crippen molar-refractivity contribution in [3.63, 3.8) is 0 Å². The van der Waals surface area contributed by atoms with Crippen LogP contribution >= 0.6 is 11.6 Å². The topological polar surface area (TPSA) is 3.24 Å². The maximum absolute atomic E-state index is 5.88. The number of rotatable bonds is 7. The first-order chi connectivity index (χ1) is 6.02. The van der Waals surface area contributed by atoms with E-state index in [0.717, 1.165) is 18.9 Å². The van der Waals surface area contributed by atoms with Crippen molar-refractivity contribution in [1.82, 2.24) is 4.90 Å². The van der Waals surface area contributed by atoms with Crippen molar-refractivity contribution in [3.05, 3.63) is 0 Å². The van der Waals surface area contributed by atoms with E-state index in [1.54, 1.807) is 0 Å². The van der Waals surface area contributed by atoms with Gasteiger partial charge >= 0.3 is 0 Å². The van der Waals surface area contributed by atoms with E-state index < -0.39 is 0 Å². The molecule has 0 heterocycles. The molecule has 0 aromatic carbocycles. The molecule has 0 aromatic rings. The molecule has 0 aliphatic heterocycles. The van der Waals surface area contributed by atoms with Crippen LogP contribution in [-0.4, -0.2) is 30.4 Å². The maximum atomic E-state index is 5.88. The summed E-state index contributed by atoms with van der Waals surface area (Å²) in [6, 6.07) is 0. The third-order valence-corrected chi connectivity index (χ3v) is 2.45. The molecule has 0 saturated carbocycles. The van der Waals surface area contributed by atoms with Gasteiger partial charge in [0.2, 0.25) is 0 Å². The van der Waals surface area contributed by atoms with E-state index in [1.165, 1.54) is 19.4 Å². The Morgan fingerprint density at radius 1 is 1.08 bits per heavy atom. The highest BCUT2D eigenvalue weighted by Gasteiger charge is 2.01.